The Hall–Kier alpha value is -2.11. The van der Waals surface area contributed by atoms with Gasteiger partial charge in [-0.1, -0.05) is 24.3 Å². The van der Waals surface area contributed by atoms with Crippen LogP contribution in [0.25, 0.3) is 0 Å². The molecule has 6 heteroatoms. The Bertz CT molecular complexity index is 681. The van der Waals surface area contributed by atoms with Gasteiger partial charge >= 0.3 is 0 Å². The van der Waals surface area contributed by atoms with Crippen LogP contribution in [0.4, 0.5) is 0 Å². The van der Waals surface area contributed by atoms with Crippen LogP contribution in [0.1, 0.15) is 23.6 Å². The van der Waals surface area contributed by atoms with Crippen molar-refractivity contribution >= 4 is 18.3 Å². The average molecular weight is 362 g/mol. The van der Waals surface area contributed by atoms with Crippen molar-refractivity contribution in [3.05, 3.63) is 59.9 Å². The smallest absolute Gasteiger partial charge is 0.223 e. The highest BCUT2D eigenvalue weighted by molar-refractivity contribution is 5.85. The van der Waals surface area contributed by atoms with Gasteiger partial charge in [0.25, 0.3) is 0 Å². The second-order valence-corrected chi connectivity index (χ2v) is 5.91. The highest BCUT2D eigenvalue weighted by atomic mass is 35.5. The second-order valence-electron chi connectivity index (χ2n) is 5.91. The lowest BCUT2D eigenvalue weighted by Gasteiger charge is -2.36. The molecular formula is C19H24ClN3O2. The van der Waals surface area contributed by atoms with Gasteiger partial charge in [-0.2, -0.15) is 0 Å². The lowest BCUT2D eigenvalue weighted by Crippen LogP contribution is -2.48. The molecule has 1 aliphatic heterocycles. The second kappa shape index (κ2) is 9.39. The van der Waals surface area contributed by atoms with Crippen molar-refractivity contribution in [1.29, 1.82) is 0 Å². The number of amides is 1. The van der Waals surface area contributed by atoms with Gasteiger partial charge in [-0.25, -0.2) is 0 Å². The first-order valence-corrected chi connectivity index (χ1v) is 8.31. The van der Waals surface area contributed by atoms with Crippen molar-refractivity contribution in [2.45, 2.75) is 18.9 Å². The molecule has 5 nitrogen and oxygen atoms in total. The zero-order valence-electron chi connectivity index (χ0n) is 14.4. The van der Waals surface area contributed by atoms with E-state index in [2.05, 4.69) is 10.3 Å². The standard InChI is InChI=1S/C19H23N3O2.ClH/c1-24-18-7-3-2-5-15(18)8-9-19(23)22-12-11-21-14-17(22)16-6-4-10-20-13-16;/h2-7,10,13,17,21H,8-9,11-12,14H2,1H3;1H. The van der Waals surface area contributed by atoms with Crippen molar-refractivity contribution in [1.82, 2.24) is 15.2 Å². The molecule has 1 saturated heterocycles. The Kier molecular flexibility index (Phi) is 7.22. The number of hydrogen-bond acceptors (Lipinski definition) is 4. The fourth-order valence-corrected chi connectivity index (χ4v) is 3.17. The predicted octanol–water partition coefficient (Wildman–Crippen LogP) is 2.62. The number of halogens is 1. The molecule has 0 aliphatic carbocycles. The largest absolute Gasteiger partial charge is 0.496 e. The summed E-state index contributed by atoms with van der Waals surface area (Å²) in [5.74, 6) is 1.02. The van der Waals surface area contributed by atoms with Gasteiger partial charge in [-0.15, -0.1) is 12.4 Å². The number of nitrogens with one attached hydrogen (secondary N) is 1. The number of ether oxygens (including phenoxy) is 1. The molecule has 25 heavy (non-hydrogen) atoms. The van der Waals surface area contributed by atoms with Crippen molar-refractivity contribution in [2.75, 3.05) is 26.7 Å². The molecule has 1 fully saturated rings. The van der Waals surface area contributed by atoms with E-state index in [1.54, 1.807) is 13.3 Å². The molecule has 0 radical (unpaired) electrons. The topological polar surface area (TPSA) is 54.5 Å². The summed E-state index contributed by atoms with van der Waals surface area (Å²) in [5.41, 5.74) is 2.15. The maximum Gasteiger partial charge on any atom is 0.223 e. The first-order valence-electron chi connectivity index (χ1n) is 8.31. The van der Waals surface area contributed by atoms with Gasteiger partial charge in [0.15, 0.2) is 0 Å². The van der Waals surface area contributed by atoms with E-state index in [0.29, 0.717) is 12.8 Å². The van der Waals surface area contributed by atoms with E-state index in [-0.39, 0.29) is 24.4 Å². The van der Waals surface area contributed by atoms with Crippen LogP contribution in [0.2, 0.25) is 0 Å². The Morgan fingerprint density at radius 1 is 1.32 bits per heavy atom. The molecule has 3 rings (SSSR count). The minimum absolute atomic E-state index is 0. The van der Waals surface area contributed by atoms with Crippen molar-refractivity contribution < 1.29 is 9.53 Å². The van der Waals surface area contributed by atoms with Crippen molar-refractivity contribution in [3.8, 4) is 5.75 Å². The van der Waals surface area contributed by atoms with Gasteiger partial charge in [0.1, 0.15) is 5.75 Å². The Morgan fingerprint density at radius 3 is 2.92 bits per heavy atom. The Labute approximate surface area is 154 Å². The number of pyridine rings is 1. The number of carbonyl (C=O) groups is 1. The molecule has 1 atom stereocenters. The molecule has 2 heterocycles. The van der Waals surface area contributed by atoms with Gasteiger partial charge < -0.3 is 15.0 Å². The van der Waals surface area contributed by atoms with E-state index in [4.69, 9.17) is 4.74 Å². The first kappa shape index (κ1) is 19.2. The number of aryl methyl sites for hydroxylation is 1. The van der Waals surface area contributed by atoms with Crippen LogP contribution >= 0.6 is 12.4 Å². The maximum absolute atomic E-state index is 12.8. The van der Waals surface area contributed by atoms with Gasteiger partial charge in [-0.3, -0.25) is 9.78 Å². The third-order valence-electron chi connectivity index (χ3n) is 4.43. The summed E-state index contributed by atoms with van der Waals surface area (Å²) in [6.07, 6.45) is 4.77. The van der Waals surface area contributed by atoms with Crippen LogP contribution in [-0.4, -0.2) is 42.5 Å². The number of piperazine rings is 1. The number of hydrogen-bond donors (Lipinski definition) is 1. The number of para-hydroxylation sites is 1. The van der Waals surface area contributed by atoms with E-state index >= 15 is 0 Å². The zero-order valence-corrected chi connectivity index (χ0v) is 15.2. The molecule has 2 aromatic rings. The van der Waals surface area contributed by atoms with Crippen LogP contribution in [0.5, 0.6) is 5.75 Å². The van der Waals surface area contributed by atoms with Crippen LogP contribution in [0.15, 0.2) is 48.8 Å². The molecule has 1 unspecified atom stereocenters. The molecule has 1 aromatic carbocycles. The SMILES string of the molecule is COc1ccccc1CCC(=O)N1CCNCC1c1cccnc1.Cl. The fourth-order valence-electron chi connectivity index (χ4n) is 3.17. The summed E-state index contributed by atoms with van der Waals surface area (Å²) in [5, 5.41) is 3.37. The number of carbonyl (C=O) groups excluding carboxylic acids is 1. The summed E-state index contributed by atoms with van der Waals surface area (Å²) < 4.78 is 5.37. The van der Waals surface area contributed by atoms with Crippen molar-refractivity contribution in [3.63, 3.8) is 0 Å². The zero-order chi connectivity index (χ0) is 16.8. The van der Waals surface area contributed by atoms with Gasteiger partial charge in [0.05, 0.1) is 13.2 Å². The van der Waals surface area contributed by atoms with Gasteiger partial charge in [-0.05, 0) is 29.7 Å². The summed E-state index contributed by atoms with van der Waals surface area (Å²) in [6, 6.07) is 11.9. The van der Waals surface area contributed by atoms with E-state index in [0.717, 1.165) is 36.5 Å². The molecule has 1 N–H and O–H groups in total. The average Bonchev–Trinajstić information content (AvgIpc) is 2.67. The predicted molar refractivity (Wildman–Crippen MR) is 100 cm³/mol. The third-order valence-corrected chi connectivity index (χ3v) is 4.43. The van der Waals surface area contributed by atoms with Gasteiger partial charge in [0.2, 0.25) is 5.91 Å². The Morgan fingerprint density at radius 2 is 2.16 bits per heavy atom. The monoisotopic (exact) mass is 361 g/mol. The van der Waals surface area contributed by atoms with Crippen molar-refractivity contribution in [2.24, 2.45) is 0 Å². The van der Waals surface area contributed by atoms with Crippen LogP contribution in [0, 0.1) is 0 Å². The summed E-state index contributed by atoms with van der Waals surface area (Å²) in [7, 11) is 1.66. The number of methoxy groups -OCH3 is 1. The summed E-state index contributed by atoms with van der Waals surface area (Å²) in [4.78, 5) is 19.0. The van der Waals surface area contributed by atoms with E-state index < -0.39 is 0 Å². The minimum Gasteiger partial charge on any atom is -0.496 e. The Balaban J connectivity index is 0.00000225. The van der Waals surface area contributed by atoms with E-state index in [9.17, 15) is 4.79 Å². The van der Waals surface area contributed by atoms with Gasteiger partial charge in [0, 0.05) is 38.4 Å². The van der Waals surface area contributed by atoms with Crippen LogP contribution in [-0.2, 0) is 11.2 Å². The molecule has 1 amide bonds. The number of rotatable bonds is 5. The number of aromatic nitrogens is 1. The lowest BCUT2D eigenvalue weighted by atomic mass is 10.0. The first-order chi connectivity index (χ1) is 11.8. The highest BCUT2D eigenvalue weighted by Crippen LogP contribution is 2.24. The number of nitrogens with zero attached hydrogens (tertiary/aromatic N) is 2. The molecule has 1 aliphatic rings. The summed E-state index contributed by atoms with van der Waals surface area (Å²) >= 11 is 0. The third kappa shape index (κ3) is 4.71. The van der Waals surface area contributed by atoms with E-state index in [1.807, 2.05) is 47.5 Å². The van der Waals surface area contributed by atoms with Crippen LogP contribution < -0.4 is 10.1 Å². The highest BCUT2D eigenvalue weighted by Gasteiger charge is 2.27. The number of benzene rings is 1. The normalized spacial score (nSPS) is 16.8. The van der Waals surface area contributed by atoms with E-state index in [1.165, 1.54) is 0 Å². The molecule has 134 valence electrons. The molecule has 1 aromatic heterocycles. The fraction of sp³-hybridized carbons (Fsp3) is 0.368. The molecule has 0 bridgehead atoms. The quantitative estimate of drug-likeness (QED) is 0.889. The maximum atomic E-state index is 12.8. The van der Waals surface area contributed by atoms with Crippen LogP contribution in [0.3, 0.4) is 0 Å². The molecule has 0 saturated carbocycles. The molecule has 0 spiro atoms. The summed E-state index contributed by atoms with van der Waals surface area (Å²) in [6.45, 7) is 2.33. The minimum atomic E-state index is 0. The molecular weight excluding hydrogens is 338 g/mol. The lowest BCUT2D eigenvalue weighted by molar-refractivity contribution is -0.134.